The van der Waals surface area contributed by atoms with E-state index in [1.807, 2.05) is 0 Å². The molecular formula is C20H25N3O5S2. The molecule has 0 saturated carbocycles. The van der Waals surface area contributed by atoms with Gasteiger partial charge in [0.15, 0.2) is 5.82 Å². The minimum atomic E-state index is -0.512. The molecule has 1 N–H and O–H groups in total. The second-order valence-electron chi connectivity index (χ2n) is 6.97. The van der Waals surface area contributed by atoms with E-state index in [9.17, 15) is 9.90 Å². The lowest BCUT2D eigenvalue weighted by Gasteiger charge is -2.26. The Morgan fingerprint density at radius 2 is 2.20 bits per heavy atom. The number of thiocarbonyl (C=S) groups is 1. The Balaban J connectivity index is 1.84. The highest BCUT2D eigenvalue weighted by Gasteiger charge is 2.31. The van der Waals surface area contributed by atoms with Crippen LogP contribution < -0.4 is 4.74 Å². The number of benzene rings is 1. The van der Waals surface area contributed by atoms with Crippen LogP contribution in [0.4, 0.5) is 0 Å². The SMILES string of the molecule is COC(=O)c1c(C)c(OC)cc(O)c1CSCC(c1nc(C)no1)N1CCCC1=S. The van der Waals surface area contributed by atoms with Gasteiger partial charge in [0.1, 0.15) is 17.5 Å². The van der Waals surface area contributed by atoms with E-state index in [1.165, 1.54) is 20.3 Å². The van der Waals surface area contributed by atoms with E-state index in [1.54, 1.807) is 25.6 Å². The topological polar surface area (TPSA) is 97.9 Å². The number of thioether (sulfide) groups is 1. The van der Waals surface area contributed by atoms with Gasteiger partial charge in [0, 0.05) is 35.2 Å². The zero-order valence-corrected chi connectivity index (χ0v) is 19.1. The summed E-state index contributed by atoms with van der Waals surface area (Å²) in [5.41, 5.74) is 1.46. The number of aromatic hydroxyl groups is 1. The average Bonchev–Trinajstić information content (AvgIpc) is 3.35. The molecule has 162 valence electrons. The van der Waals surface area contributed by atoms with E-state index in [-0.39, 0.29) is 11.8 Å². The van der Waals surface area contributed by atoms with Crippen molar-refractivity contribution in [2.75, 3.05) is 26.5 Å². The maximum absolute atomic E-state index is 12.4. The van der Waals surface area contributed by atoms with Crippen LogP contribution in [0.5, 0.6) is 11.5 Å². The van der Waals surface area contributed by atoms with E-state index < -0.39 is 5.97 Å². The summed E-state index contributed by atoms with van der Waals surface area (Å²) in [6, 6.07) is 1.36. The summed E-state index contributed by atoms with van der Waals surface area (Å²) < 4.78 is 15.6. The molecular weight excluding hydrogens is 426 g/mol. The average molecular weight is 452 g/mol. The highest BCUT2D eigenvalue weighted by molar-refractivity contribution is 7.98. The van der Waals surface area contributed by atoms with E-state index in [2.05, 4.69) is 15.0 Å². The summed E-state index contributed by atoms with van der Waals surface area (Å²) in [4.78, 5) is 19.8. The lowest BCUT2D eigenvalue weighted by atomic mass is 10.0. The number of phenols is 1. The van der Waals surface area contributed by atoms with Crippen LogP contribution in [-0.2, 0) is 10.5 Å². The lowest BCUT2D eigenvalue weighted by Crippen LogP contribution is -2.30. The van der Waals surface area contributed by atoms with Gasteiger partial charge in [0.2, 0.25) is 5.89 Å². The van der Waals surface area contributed by atoms with Gasteiger partial charge in [-0.25, -0.2) is 4.79 Å². The summed E-state index contributed by atoms with van der Waals surface area (Å²) in [6.07, 6.45) is 1.87. The van der Waals surface area contributed by atoms with Gasteiger partial charge in [-0.15, -0.1) is 0 Å². The number of methoxy groups -OCH3 is 2. The van der Waals surface area contributed by atoms with Crippen molar-refractivity contribution >= 4 is 34.9 Å². The maximum Gasteiger partial charge on any atom is 0.338 e. The van der Waals surface area contributed by atoms with Gasteiger partial charge in [0.25, 0.3) is 0 Å². The van der Waals surface area contributed by atoms with Gasteiger partial charge in [-0.2, -0.15) is 16.7 Å². The van der Waals surface area contributed by atoms with Crippen molar-refractivity contribution in [3.63, 3.8) is 0 Å². The molecule has 3 rings (SSSR count). The summed E-state index contributed by atoms with van der Waals surface area (Å²) in [5.74, 6) is 2.00. The Morgan fingerprint density at radius 3 is 2.77 bits per heavy atom. The third kappa shape index (κ3) is 4.54. The summed E-state index contributed by atoms with van der Waals surface area (Å²) in [7, 11) is 2.81. The van der Waals surface area contributed by atoms with Crippen molar-refractivity contribution in [2.45, 2.75) is 38.5 Å². The number of carbonyl (C=O) groups excluding carboxylic acids is 1. The predicted molar refractivity (Wildman–Crippen MR) is 117 cm³/mol. The van der Waals surface area contributed by atoms with Gasteiger partial charge < -0.3 is 24.0 Å². The molecule has 1 aromatic carbocycles. The van der Waals surface area contributed by atoms with Crippen LogP contribution in [0.1, 0.15) is 52.1 Å². The minimum absolute atomic E-state index is 0.00720. The van der Waals surface area contributed by atoms with Gasteiger partial charge in [-0.3, -0.25) is 0 Å². The monoisotopic (exact) mass is 451 g/mol. The molecule has 2 aromatic rings. The molecule has 0 amide bonds. The molecule has 1 aromatic heterocycles. The number of ether oxygens (including phenoxy) is 2. The summed E-state index contributed by atoms with van der Waals surface area (Å²) in [5, 5.41) is 14.5. The molecule has 8 nitrogen and oxygen atoms in total. The molecule has 0 spiro atoms. The zero-order chi connectivity index (χ0) is 21.8. The van der Waals surface area contributed by atoms with Crippen molar-refractivity contribution in [3.8, 4) is 11.5 Å². The number of aryl methyl sites for hydroxylation is 1. The lowest BCUT2D eigenvalue weighted by molar-refractivity contribution is 0.0598. The number of nitrogens with zero attached hydrogens (tertiary/aromatic N) is 3. The number of aromatic nitrogens is 2. The first-order valence-electron chi connectivity index (χ1n) is 9.52. The normalized spacial score (nSPS) is 14.8. The van der Waals surface area contributed by atoms with Crippen LogP contribution in [0.2, 0.25) is 0 Å². The Bertz CT molecular complexity index is 947. The van der Waals surface area contributed by atoms with Crippen molar-refractivity contribution in [1.82, 2.24) is 15.0 Å². The highest BCUT2D eigenvalue weighted by Crippen LogP contribution is 2.37. The Labute approximate surface area is 184 Å². The number of rotatable bonds is 8. The molecule has 1 unspecified atom stereocenters. The van der Waals surface area contributed by atoms with Crippen LogP contribution in [0.25, 0.3) is 0 Å². The number of likely N-dealkylation sites (tertiary alicyclic amines) is 1. The van der Waals surface area contributed by atoms with Gasteiger partial charge >= 0.3 is 5.97 Å². The van der Waals surface area contributed by atoms with Crippen molar-refractivity contribution in [3.05, 3.63) is 34.5 Å². The summed E-state index contributed by atoms with van der Waals surface area (Å²) >= 11 is 7.06. The fourth-order valence-electron chi connectivity index (χ4n) is 3.55. The fraction of sp³-hybridized carbons (Fsp3) is 0.500. The first-order valence-corrected chi connectivity index (χ1v) is 11.1. The second kappa shape index (κ2) is 9.65. The number of hydrogen-bond donors (Lipinski definition) is 1. The predicted octanol–water partition coefficient (Wildman–Crippen LogP) is 3.58. The Hall–Kier alpha value is -2.33. The minimum Gasteiger partial charge on any atom is -0.507 e. The molecule has 1 aliphatic heterocycles. The first kappa shape index (κ1) is 22.4. The van der Waals surface area contributed by atoms with Crippen LogP contribution in [0.3, 0.4) is 0 Å². The van der Waals surface area contributed by atoms with Gasteiger partial charge in [-0.05, 0) is 26.7 Å². The fourth-order valence-corrected chi connectivity index (χ4v) is 5.07. The number of esters is 1. The molecule has 1 atom stereocenters. The van der Waals surface area contributed by atoms with Crippen LogP contribution in [-0.4, -0.2) is 57.6 Å². The Kier molecular flexibility index (Phi) is 7.19. The standard InChI is InChI=1S/C20H25N3O5S2/c1-11-16(26-3)8-15(24)13(18(11)20(25)27-4)9-30-10-14(19-21-12(2)22-28-19)23-7-5-6-17(23)29/h8,14,24H,5-7,9-10H2,1-4H3. The molecule has 10 heteroatoms. The number of hydrogen-bond acceptors (Lipinski definition) is 9. The van der Waals surface area contributed by atoms with Crippen LogP contribution >= 0.6 is 24.0 Å². The van der Waals surface area contributed by atoms with E-state index in [0.29, 0.717) is 45.7 Å². The van der Waals surface area contributed by atoms with E-state index >= 15 is 0 Å². The van der Waals surface area contributed by atoms with Crippen molar-refractivity contribution in [2.24, 2.45) is 0 Å². The van der Waals surface area contributed by atoms with E-state index in [4.69, 9.17) is 26.2 Å². The number of carbonyl (C=O) groups is 1. The van der Waals surface area contributed by atoms with Crippen LogP contribution in [0, 0.1) is 13.8 Å². The molecule has 1 saturated heterocycles. The summed E-state index contributed by atoms with van der Waals surface area (Å²) in [6.45, 7) is 4.39. The molecule has 1 fully saturated rings. The molecule has 1 aliphatic rings. The third-order valence-corrected chi connectivity index (χ3v) is 6.55. The largest absolute Gasteiger partial charge is 0.507 e. The van der Waals surface area contributed by atoms with Gasteiger partial charge in [-0.1, -0.05) is 17.4 Å². The first-order chi connectivity index (χ1) is 14.4. The highest BCUT2D eigenvalue weighted by atomic mass is 32.2. The number of phenolic OH excluding ortho intramolecular Hbond substituents is 1. The maximum atomic E-state index is 12.4. The van der Waals surface area contributed by atoms with Crippen molar-refractivity contribution in [1.29, 1.82) is 0 Å². The van der Waals surface area contributed by atoms with E-state index in [0.717, 1.165) is 24.4 Å². The zero-order valence-electron chi connectivity index (χ0n) is 17.4. The molecule has 30 heavy (non-hydrogen) atoms. The second-order valence-corrected chi connectivity index (χ2v) is 8.47. The molecule has 0 bridgehead atoms. The molecule has 0 radical (unpaired) electrons. The van der Waals surface area contributed by atoms with Crippen LogP contribution in [0.15, 0.2) is 10.6 Å². The molecule has 2 heterocycles. The smallest absolute Gasteiger partial charge is 0.338 e. The third-order valence-electron chi connectivity index (χ3n) is 5.07. The Morgan fingerprint density at radius 1 is 1.43 bits per heavy atom. The van der Waals surface area contributed by atoms with Gasteiger partial charge in [0.05, 0.1) is 24.8 Å². The molecule has 0 aliphatic carbocycles. The quantitative estimate of drug-likeness (QED) is 0.473. The van der Waals surface area contributed by atoms with Crippen molar-refractivity contribution < 1.29 is 23.9 Å².